The molecular formula is C20H24N4O. The second-order valence-electron chi connectivity index (χ2n) is 7.47. The zero-order chi connectivity index (χ0) is 17.4. The summed E-state index contributed by atoms with van der Waals surface area (Å²) in [6.45, 7) is 6.17. The molecule has 2 aliphatic heterocycles. The van der Waals surface area contributed by atoms with Crippen LogP contribution in [0.3, 0.4) is 0 Å². The van der Waals surface area contributed by atoms with E-state index in [1.54, 1.807) is 18.6 Å². The maximum Gasteiger partial charge on any atom is 0.246 e. The van der Waals surface area contributed by atoms with Gasteiger partial charge in [0.05, 0.1) is 6.20 Å². The Morgan fingerprint density at radius 2 is 1.88 bits per heavy atom. The number of carbonyl (C=O) groups is 1. The Kier molecular flexibility index (Phi) is 4.15. The van der Waals surface area contributed by atoms with Crippen LogP contribution in [0.5, 0.6) is 0 Å². The van der Waals surface area contributed by atoms with Crippen molar-refractivity contribution >= 4 is 17.4 Å². The summed E-state index contributed by atoms with van der Waals surface area (Å²) in [6.07, 6.45) is 7.01. The fourth-order valence-corrected chi connectivity index (χ4v) is 4.34. The lowest BCUT2D eigenvalue weighted by Crippen LogP contribution is -2.50. The molecule has 1 amide bonds. The van der Waals surface area contributed by atoms with Crippen LogP contribution in [0.15, 0.2) is 42.9 Å². The van der Waals surface area contributed by atoms with Crippen LogP contribution in [-0.4, -0.2) is 39.9 Å². The third-order valence-electron chi connectivity index (χ3n) is 5.24. The molecule has 1 saturated heterocycles. The summed E-state index contributed by atoms with van der Waals surface area (Å²) in [5, 5.41) is 0. The lowest BCUT2D eigenvalue weighted by molar-refractivity contribution is -0.135. The van der Waals surface area contributed by atoms with Crippen LogP contribution >= 0.6 is 0 Å². The summed E-state index contributed by atoms with van der Waals surface area (Å²) in [4.78, 5) is 26.2. The van der Waals surface area contributed by atoms with Crippen molar-refractivity contribution in [3.05, 3.63) is 48.4 Å². The van der Waals surface area contributed by atoms with Gasteiger partial charge in [-0.2, -0.15) is 0 Å². The van der Waals surface area contributed by atoms with Gasteiger partial charge in [-0.05, 0) is 29.9 Å². The highest BCUT2D eigenvalue weighted by Gasteiger charge is 2.39. The topological polar surface area (TPSA) is 49.3 Å². The lowest BCUT2D eigenvalue weighted by Gasteiger charge is -2.38. The van der Waals surface area contributed by atoms with Crippen LogP contribution in [0.4, 0.5) is 11.5 Å². The fourth-order valence-electron chi connectivity index (χ4n) is 4.34. The molecule has 0 radical (unpaired) electrons. The number of rotatable bonds is 2. The van der Waals surface area contributed by atoms with Crippen LogP contribution in [0.1, 0.15) is 25.8 Å². The van der Waals surface area contributed by atoms with Crippen molar-refractivity contribution in [2.75, 3.05) is 18.0 Å². The third-order valence-corrected chi connectivity index (χ3v) is 5.24. The van der Waals surface area contributed by atoms with Gasteiger partial charge >= 0.3 is 0 Å². The fraction of sp³-hybridized carbons (Fsp3) is 0.450. The Balaban J connectivity index is 1.67. The largest absolute Gasteiger partial charge is 0.340 e. The summed E-state index contributed by atoms with van der Waals surface area (Å²) in [7, 11) is 0. The van der Waals surface area contributed by atoms with E-state index < -0.39 is 0 Å². The van der Waals surface area contributed by atoms with E-state index in [2.05, 4.69) is 45.7 Å². The summed E-state index contributed by atoms with van der Waals surface area (Å²) < 4.78 is 0. The van der Waals surface area contributed by atoms with Gasteiger partial charge in [-0.1, -0.05) is 32.0 Å². The highest BCUT2D eigenvalue weighted by Crippen LogP contribution is 2.38. The molecule has 2 aromatic rings. The number of nitrogens with zero attached hydrogens (tertiary/aromatic N) is 4. The van der Waals surface area contributed by atoms with Crippen molar-refractivity contribution in [3.63, 3.8) is 0 Å². The molecule has 0 spiro atoms. The van der Waals surface area contributed by atoms with Crippen molar-refractivity contribution < 1.29 is 4.79 Å². The predicted octanol–water partition coefficient (Wildman–Crippen LogP) is 3.04. The molecule has 0 aliphatic carbocycles. The van der Waals surface area contributed by atoms with Crippen molar-refractivity contribution in [3.8, 4) is 0 Å². The molecule has 1 unspecified atom stereocenters. The second kappa shape index (κ2) is 6.47. The van der Waals surface area contributed by atoms with Gasteiger partial charge in [0, 0.05) is 37.6 Å². The molecule has 3 atom stereocenters. The molecule has 3 heterocycles. The first kappa shape index (κ1) is 16.1. The van der Waals surface area contributed by atoms with E-state index in [0.29, 0.717) is 11.8 Å². The molecule has 5 nitrogen and oxygen atoms in total. The number of aromatic nitrogens is 2. The molecule has 25 heavy (non-hydrogen) atoms. The Bertz CT molecular complexity index is 753. The predicted molar refractivity (Wildman–Crippen MR) is 97.6 cm³/mol. The van der Waals surface area contributed by atoms with Crippen LogP contribution in [0.25, 0.3) is 0 Å². The molecule has 0 bridgehead atoms. The zero-order valence-electron chi connectivity index (χ0n) is 14.8. The maximum atomic E-state index is 13.4. The molecule has 1 fully saturated rings. The summed E-state index contributed by atoms with van der Waals surface area (Å²) >= 11 is 0. The molecule has 0 N–H and O–H groups in total. The second-order valence-corrected chi connectivity index (χ2v) is 7.47. The Morgan fingerprint density at radius 1 is 1.12 bits per heavy atom. The summed E-state index contributed by atoms with van der Waals surface area (Å²) in [5.41, 5.74) is 2.27. The normalized spacial score (nSPS) is 25.8. The number of carbonyl (C=O) groups excluding carboxylic acids is 1. The van der Waals surface area contributed by atoms with Gasteiger partial charge in [-0.25, -0.2) is 4.98 Å². The van der Waals surface area contributed by atoms with Crippen LogP contribution in [0, 0.1) is 11.8 Å². The van der Waals surface area contributed by atoms with Crippen molar-refractivity contribution in [1.82, 2.24) is 14.9 Å². The number of para-hydroxylation sites is 1. The quantitative estimate of drug-likeness (QED) is 0.846. The maximum absolute atomic E-state index is 13.4. The molecular weight excluding hydrogens is 312 g/mol. The van der Waals surface area contributed by atoms with Crippen molar-refractivity contribution in [2.24, 2.45) is 11.8 Å². The van der Waals surface area contributed by atoms with E-state index in [1.807, 2.05) is 12.1 Å². The lowest BCUT2D eigenvalue weighted by atomic mass is 9.91. The smallest absolute Gasteiger partial charge is 0.246 e. The highest BCUT2D eigenvalue weighted by atomic mass is 16.2. The average Bonchev–Trinajstić information content (AvgIpc) is 3.00. The van der Waals surface area contributed by atoms with Crippen LogP contribution < -0.4 is 4.90 Å². The number of likely N-dealkylation sites (tertiary alicyclic amines) is 1. The van der Waals surface area contributed by atoms with E-state index in [-0.39, 0.29) is 11.9 Å². The van der Waals surface area contributed by atoms with E-state index in [1.165, 1.54) is 12.0 Å². The van der Waals surface area contributed by atoms with Gasteiger partial charge in [-0.3, -0.25) is 9.78 Å². The van der Waals surface area contributed by atoms with Gasteiger partial charge in [-0.15, -0.1) is 0 Å². The number of hydrogen-bond acceptors (Lipinski definition) is 4. The van der Waals surface area contributed by atoms with Gasteiger partial charge in [0.25, 0.3) is 0 Å². The first-order valence-corrected chi connectivity index (χ1v) is 9.05. The van der Waals surface area contributed by atoms with Gasteiger partial charge in [0.2, 0.25) is 5.91 Å². The summed E-state index contributed by atoms with van der Waals surface area (Å²) in [6, 6.07) is 7.99. The van der Waals surface area contributed by atoms with E-state index >= 15 is 0 Å². The Labute approximate surface area is 148 Å². The SMILES string of the molecule is C[C@@H]1C[C@H](C)CN(C(=O)C2Cc3ccccc3N2c2cnccn2)C1. The minimum Gasteiger partial charge on any atom is -0.340 e. The van der Waals surface area contributed by atoms with Crippen LogP contribution in [0.2, 0.25) is 0 Å². The minimum absolute atomic E-state index is 0.209. The molecule has 2 aliphatic rings. The first-order chi connectivity index (χ1) is 12.1. The number of fused-ring (bicyclic) bond motifs is 1. The highest BCUT2D eigenvalue weighted by molar-refractivity contribution is 5.91. The van der Waals surface area contributed by atoms with Crippen LogP contribution in [-0.2, 0) is 11.2 Å². The Morgan fingerprint density at radius 3 is 2.60 bits per heavy atom. The number of amides is 1. The number of hydrogen-bond donors (Lipinski definition) is 0. The molecule has 0 saturated carbocycles. The van der Waals surface area contributed by atoms with E-state index in [4.69, 9.17) is 0 Å². The van der Waals surface area contributed by atoms with Gasteiger partial charge < -0.3 is 9.80 Å². The van der Waals surface area contributed by atoms with Crippen molar-refractivity contribution in [2.45, 2.75) is 32.7 Å². The summed E-state index contributed by atoms with van der Waals surface area (Å²) in [5.74, 6) is 2.06. The number of piperidine rings is 1. The minimum atomic E-state index is -0.230. The molecule has 1 aromatic carbocycles. The standard InChI is InChI=1S/C20H24N4O/c1-14-9-15(2)13-23(12-14)20(25)18-10-16-5-3-4-6-17(16)24(18)19-11-21-7-8-22-19/h3-8,11,14-15,18H,9-10,12-13H2,1-2H3/t14-,15+,18?. The third kappa shape index (κ3) is 2.99. The monoisotopic (exact) mass is 336 g/mol. The molecule has 4 rings (SSSR count). The van der Waals surface area contributed by atoms with Crippen molar-refractivity contribution in [1.29, 1.82) is 0 Å². The first-order valence-electron chi connectivity index (χ1n) is 9.05. The van der Waals surface area contributed by atoms with E-state index in [0.717, 1.165) is 31.0 Å². The number of benzene rings is 1. The molecule has 5 heteroatoms. The number of anilines is 2. The average molecular weight is 336 g/mol. The van der Waals surface area contributed by atoms with E-state index in [9.17, 15) is 4.79 Å². The zero-order valence-corrected chi connectivity index (χ0v) is 14.8. The molecule has 1 aromatic heterocycles. The van der Waals surface area contributed by atoms with Gasteiger partial charge in [0.1, 0.15) is 6.04 Å². The van der Waals surface area contributed by atoms with Gasteiger partial charge in [0.15, 0.2) is 5.82 Å². The Hall–Kier alpha value is -2.43. The molecule has 130 valence electrons.